The maximum atomic E-state index is 7.63. The van der Waals surface area contributed by atoms with Crippen molar-refractivity contribution in [3.05, 3.63) is 72.1 Å². The van der Waals surface area contributed by atoms with Gasteiger partial charge in [-0.2, -0.15) is 0 Å². The Balaban J connectivity index is 1.85. The summed E-state index contributed by atoms with van der Waals surface area (Å²) in [6.07, 6.45) is 3.05. The summed E-state index contributed by atoms with van der Waals surface area (Å²) in [5, 5.41) is 4.28. The fourth-order valence-corrected chi connectivity index (χ4v) is 3.71. The highest BCUT2D eigenvalue weighted by atomic mass is 16.3. The summed E-state index contributed by atoms with van der Waals surface area (Å²) in [5.74, 6) is 0.671. The first kappa shape index (κ1) is 12.2. The molecule has 5 aromatic rings. The van der Waals surface area contributed by atoms with Gasteiger partial charge in [-0.25, -0.2) is 4.57 Å². The molecule has 5 rings (SSSR count). The molecule has 3 nitrogen and oxygen atoms in total. The highest BCUT2D eigenvalue weighted by Gasteiger charge is 2.23. The monoisotopic (exact) mass is 342 g/mol. The van der Waals surface area contributed by atoms with Crippen LogP contribution in [0.4, 0.5) is 0 Å². The molecule has 0 bridgehead atoms. The van der Waals surface area contributed by atoms with E-state index in [9.17, 15) is 0 Å². The number of aromatic nitrogens is 2. The van der Waals surface area contributed by atoms with Gasteiger partial charge in [0.25, 0.3) is 0 Å². The van der Waals surface area contributed by atoms with Gasteiger partial charge in [0.1, 0.15) is 17.3 Å². The Morgan fingerprint density at radius 1 is 0.962 bits per heavy atom. The minimum atomic E-state index is -2.19. The van der Waals surface area contributed by atoms with Gasteiger partial charge in [-0.3, -0.25) is 0 Å². The zero-order valence-electron chi connectivity index (χ0n) is 17.6. The summed E-state index contributed by atoms with van der Waals surface area (Å²) in [4.78, 5) is 4.50. The van der Waals surface area contributed by atoms with Gasteiger partial charge in [0, 0.05) is 25.8 Å². The maximum Gasteiger partial charge on any atom is 0.334 e. The van der Waals surface area contributed by atoms with E-state index in [4.69, 9.17) is 8.53 Å². The highest BCUT2D eigenvalue weighted by molar-refractivity contribution is 6.17. The third kappa shape index (κ3) is 2.07. The molecule has 0 spiro atoms. The SMILES string of the molecule is [2H]C([2H])([2H])c1cnc(-c2c(C)ccc3c2oc2c4ccccc4ccc32)[n+](C)c1. The van der Waals surface area contributed by atoms with E-state index in [2.05, 4.69) is 41.4 Å². The molecule has 2 heterocycles. The molecule has 0 unspecified atom stereocenters. The van der Waals surface area contributed by atoms with Crippen molar-refractivity contribution in [3.63, 3.8) is 0 Å². The minimum absolute atomic E-state index is 0.212. The molecule has 0 saturated carbocycles. The molecule has 0 aliphatic rings. The topological polar surface area (TPSA) is 29.9 Å². The van der Waals surface area contributed by atoms with Crippen LogP contribution in [-0.4, -0.2) is 4.98 Å². The van der Waals surface area contributed by atoms with Crippen molar-refractivity contribution < 1.29 is 13.1 Å². The van der Waals surface area contributed by atoms with E-state index in [1.807, 2.05) is 26.1 Å². The van der Waals surface area contributed by atoms with E-state index < -0.39 is 6.85 Å². The van der Waals surface area contributed by atoms with Crippen molar-refractivity contribution in [2.24, 2.45) is 7.05 Å². The number of hydrogen-bond donors (Lipinski definition) is 0. The number of fused-ring (bicyclic) bond motifs is 5. The van der Waals surface area contributed by atoms with Crippen molar-refractivity contribution in [1.82, 2.24) is 4.98 Å². The fraction of sp³-hybridized carbons (Fsp3) is 0.130. The molecule has 3 aromatic carbocycles. The van der Waals surface area contributed by atoms with Crippen molar-refractivity contribution in [3.8, 4) is 11.4 Å². The van der Waals surface area contributed by atoms with Crippen molar-refractivity contribution >= 4 is 32.7 Å². The lowest BCUT2D eigenvalue weighted by Gasteiger charge is -2.04. The Morgan fingerprint density at radius 2 is 1.77 bits per heavy atom. The predicted octanol–water partition coefficient (Wildman–Crippen LogP) is 5.24. The summed E-state index contributed by atoms with van der Waals surface area (Å²) in [6, 6.07) is 16.5. The Bertz CT molecular complexity index is 1420. The van der Waals surface area contributed by atoms with Gasteiger partial charge in [0.05, 0.1) is 13.2 Å². The largest absolute Gasteiger partial charge is 0.454 e. The van der Waals surface area contributed by atoms with Crippen molar-refractivity contribution in [2.45, 2.75) is 13.8 Å². The summed E-state index contributed by atoms with van der Waals surface area (Å²) < 4.78 is 31.1. The number of hydrogen-bond acceptors (Lipinski definition) is 2. The van der Waals surface area contributed by atoms with Crippen LogP contribution in [0.15, 0.2) is 65.3 Å². The standard InChI is InChI=1S/C23H19N2O/c1-14-12-24-23(25(3)13-14)20-15(2)8-10-19-18-11-9-16-6-4-5-7-17(16)21(18)26-22(19)20/h4-13H,1-3H3/q+1/i1D3. The average Bonchev–Trinajstić information content (AvgIpc) is 3.07. The van der Waals surface area contributed by atoms with Crippen LogP contribution in [-0.2, 0) is 7.05 Å². The van der Waals surface area contributed by atoms with Gasteiger partial charge in [-0.15, -0.1) is 0 Å². The molecular weight excluding hydrogens is 320 g/mol. The number of furan rings is 1. The van der Waals surface area contributed by atoms with E-state index >= 15 is 0 Å². The molecule has 0 amide bonds. The Kier molecular flexibility index (Phi) is 2.53. The quantitative estimate of drug-likeness (QED) is 0.390. The highest BCUT2D eigenvalue weighted by Crippen LogP contribution is 2.38. The van der Waals surface area contributed by atoms with Gasteiger partial charge in [-0.1, -0.05) is 42.5 Å². The summed E-state index contributed by atoms with van der Waals surface area (Å²) in [6.45, 7) is -0.179. The summed E-state index contributed by atoms with van der Waals surface area (Å²) in [5.41, 5.74) is 3.73. The van der Waals surface area contributed by atoms with Crippen LogP contribution in [0.3, 0.4) is 0 Å². The first-order valence-electron chi connectivity index (χ1n) is 10.0. The molecule has 0 aliphatic heterocycles. The van der Waals surface area contributed by atoms with Crippen LogP contribution in [0, 0.1) is 13.8 Å². The summed E-state index contributed by atoms with van der Waals surface area (Å²) >= 11 is 0. The zero-order chi connectivity index (χ0) is 20.3. The lowest BCUT2D eigenvalue weighted by Crippen LogP contribution is -2.32. The third-order valence-electron chi connectivity index (χ3n) is 4.96. The fourth-order valence-electron chi connectivity index (χ4n) is 3.71. The van der Waals surface area contributed by atoms with Gasteiger partial charge in [-0.05, 0) is 35.8 Å². The second kappa shape index (κ2) is 5.40. The summed E-state index contributed by atoms with van der Waals surface area (Å²) in [7, 11) is 1.81. The van der Waals surface area contributed by atoms with Crippen LogP contribution in [0.5, 0.6) is 0 Å². The van der Waals surface area contributed by atoms with Crippen LogP contribution >= 0.6 is 0 Å². The smallest absolute Gasteiger partial charge is 0.334 e. The lowest BCUT2D eigenvalue weighted by atomic mass is 10.0. The number of aryl methyl sites for hydroxylation is 3. The van der Waals surface area contributed by atoms with E-state index in [0.717, 1.165) is 43.8 Å². The van der Waals surface area contributed by atoms with Gasteiger partial charge in [0.2, 0.25) is 0 Å². The molecule has 0 saturated heterocycles. The molecule has 126 valence electrons. The first-order valence-corrected chi connectivity index (χ1v) is 8.55. The van der Waals surface area contributed by atoms with Crippen LogP contribution in [0.1, 0.15) is 15.2 Å². The maximum absolute atomic E-state index is 7.63. The molecule has 26 heavy (non-hydrogen) atoms. The molecule has 0 aliphatic carbocycles. The minimum Gasteiger partial charge on any atom is -0.454 e. The molecule has 2 aromatic heterocycles. The average molecular weight is 342 g/mol. The lowest BCUT2D eigenvalue weighted by molar-refractivity contribution is -0.663. The Labute approximate surface area is 155 Å². The van der Waals surface area contributed by atoms with Crippen LogP contribution < -0.4 is 4.57 Å². The van der Waals surface area contributed by atoms with Gasteiger partial charge < -0.3 is 4.42 Å². The molecule has 0 N–H and O–H groups in total. The Morgan fingerprint density at radius 3 is 2.62 bits per heavy atom. The third-order valence-corrected chi connectivity index (χ3v) is 4.96. The van der Waals surface area contributed by atoms with Gasteiger partial charge >= 0.3 is 5.82 Å². The van der Waals surface area contributed by atoms with Crippen LogP contribution in [0.25, 0.3) is 44.1 Å². The molecule has 3 heteroatoms. The van der Waals surface area contributed by atoms with E-state index in [1.54, 1.807) is 10.8 Å². The van der Waals surface area contributed by atoms with Crippen molar-refractivity contribution in [2.75, 3.05) is 0 Å². The molecule has 0 atom stereocenters. The molecule has 0 fully saturated rings. The predicted molar refractivity (Wildman–Crippen MR) is 105 cm³/mol. The molecule has 0 radical (unpaired) electrons. The number of benzene rings is 3. The first-order chi connectivity index (χ1) is 13.8. The van der Waals surface area contributed by atoms with Gasteiger partial charge in [0.15, 0.2) is 5.58 Å². The number of nitrogens with zero attached hydrogens (tertiary/aromatic N) is 2. The Hall–Kier alpha value is -3.20. The van der Waals surface area contributed by atoms with E-state index in [0.29, 0.717) is 5.82 Å². The van der Waals surface area contributed by atoms with E-state index in [-0.39, 0.29) is 5.56 Å². The molecular formula is C23H19N2O+. The van der Waals surface area contributed by atoms with Crippen molar-refractivity contribution in [1.29, 1.82) is 0 Å². The normalized spacial score (nSPS) is 13.8. The second-order valence-electron chi connectivity index (χ2n) is 6.68. The van der Waals surface area contributed by atoms with Crippen LogP contribution in [0.2, 0.25) is 0 Å². The number of rotatable bonds is 1. The zero-order valence-corrected chi connectivity index (χ0v) is 14.6. The second-order valence-corrected chi connectivity index (χ2v) is 6.68. The van der Waals surface area contributed by atoms with E-state index in [1.165, 1.54) is 6.20 Å².